The van der Waals surface area contributed by atoms with E-state index in [0.717, 1.165) is 17.1 Å². The fourth-order valence-electron chi connectivity index (χ4n) is 3.84. The van der Waals surface area contributed by atoms with Crippen LogP contribution in [0.4, 0.5) is 17.1 Å². The van der Waals surface area contributed by atoms with Crippen molar-refractivity contribution < 1.29 is 27.9 Å². The maximum Gasteiger partial charge on any atom is 0.864 e. The van der Waals surface area contributed by atoms with Gasteiger partial charge in [0, 0.05) is 0 Å². The van der Waals surface area contributed by atoms with Crippen molar-refractivity contribution in [1.29, 1.82) is 0 Å². The van der Waals surface area contributed by atoms with Crippen molar-refractivity contribution in [1.82, 2.24) is 0 Å². The van der Waals surface area contributed by atoms with E-state index in [4.69, 9.17) is 27.9 Å². The van der Waals surface area contributed by atoms with E-state index in [1.54, 1.807) is 0 Å². The Morgan fingerprint density at radius 3 is 0.963 bits per heavy atom. The lowest BCUT2D eigenvalue weighted by Crippen LogP contribution is -2.45. The Bertz CT molecular complexity index is 925. The number of rotatable bonds is 0. The van der Waals surface area contributed by atoms with Crippen molar-refractivity contribution >= 4 is 31.7 Å². The van der Waals surface area contributed by atoms with Gasteiger partial charge in [-0.1, -0.05) is 18.2 Å². The summed E-state index contributed by atoms with van der Waals surface area (Å²) in [7, 11) is -1.95. The Hall–Kier alpha value is -3.61. The topological polar surface area (TPSA) is 58.6 Å². The number of anilines is 3. The molecule has 0 spiro atoms. The minimum absolute atomic E-state index is 0.584. The summed E-state index contributed by atoms with van der Waals surface area (Å²) in [6, 6.07) is 16.7. The van der Waals surface area contributed by atoms with E-state index >= 15 is 0 Å². The molecular weight excluding hydrogens is 348 g/mol. The Morgan fingerprint density at radius 1 is 0.444 bits per heavy atom. The number of para-hydroxylation sites is 3. The first-order valence-electron chi connectivity index (χ1n) is 8.54. The third-order valence-electron chi connectivity index (χ3n) is 4.90. The molecule has 0 fully saturated rings. The molecule has 0 radical (unpaired) electrons. The SMILES string of the molecule is c1cc2c3c(c1)OB1Oc4cccc5c4N3c3c(cccc3O1)OB(O2)O5. The highest BCUT2D eigenvalue weighted by Crippen LogP contribution is 2.60. The van der Waals surface area contributed by atoms with Crippen LogP contribution in [0.2, 0.25) is 0 Å². The molecule has 0 amide bonds. The highest BCUT2D eigenvalue weighted by atomic mass is 16.8. The second kappa shape index (κ2) is 4.56. The second-order valence-corrected chi connectivity index (χ2v) is 6.43. The molecule has 6 heterocycles. The van der Waals surface area contributed by atoms with Crippen LogP contribution in [0, 0.1) is 0 Å². The molecule has 0 N–H and O–H groups in total. The van der Waals surface area contributed by atoms with E-state index in [1.165, 1.54) is 0 Å². The highest BCUT2D eigenvalue weighted by molar-refractivity contribution is 6.42. The van der Waals surface area contributed by atoms with E-state index < -0.39 is 14.6 Å². The van der Waals surface area contributed by atoms with Gasteiger partial charge in [0.1, 0.15) is 51.6 Å². The summed E-state index contributed by atoms with van der Waals surface area (Å²) in [5, 5.41) is 0. The number of benzene rings is 3. The summed E-state index contributed by atoms with van der Waals surface area (Å²) in [6.45, 7) is 0. The Morgan fingerprint density at radius 2 is 0.704 bits per heavy atom. The molecule has 6 bridgehead atoms. The first-order valence-corrected chi connectivity index (χ1v) is 8.54. The zero-order chi connectivity index (χ0) is 17.5. The maximum absolute atomic E-state index is 6.03. The van der Waals surface area contributed by atoms with Crippen molar-refractivity contribution in [3.63, 3.8) is 0 Å². The second-order valence-electron chi connectivity index (χ2n) is 6.43. The molecule has 7 nitrogen and oxygen atoms in total. The number of nitrogens with zero attached hydrogens (tertiary/aromatic N) is 1. The first-order chi connectivity index (χ1) is 13.3. The van der Waals surface area contributed by atoms with E-state index in [9.17, 15) is 0 Å². The summed E-state index contributed by atoms with van der Waals surface area (Å²) in [6.07, 6.45) is 0. The van der Waals surface area contributed by atoms with Crippen molar-refractivity contribution in [2.24, 2.45) is 0 Å². The van der Waals surface area contributed by atoms with Gasteiger partial charge in [0.05, 0.1) is 0 Å². The largest absolute Gasteiger partial charge is 0.864 e. The van der Waals surface area contributed by atoms with Gasteiger partial charge in [-0.2, -0.15) is 0 Å². The third-order valence-corrected chi connectivity index (χ3v) is 4.90. The quantitative estimate of drug-likeness (QED) is 0.571. The molecule has 6 aliphatic rings. The summed E-state index contributed by atoms with van der Waals surface area (Å²) in [5.74, 6) is 3.51. The third kappa shape index (κ3) is 1.68. The predicted octanol–water partition coefficient (Wildman–Crippen LogP) is 3.45. The first kappa shape index (κ1) is 13.6. The average molecular weight is 357 g/mol. The van der Waals surface area contributed by atoms with Gasteiger partial charge in [-0.05, 0) is 36.4 Å². The van der Waals surface area contributed by atoms with Gasteiger partial charge >= 0.3 is 14.6 Å². The van der Waals surface area contributed by atoms with Crippen molar-refractivity contribution in [2.45, 2.75) is 0 Å². The van der Waals surface area contributed by atoms with E-state index in [1.807, 2.05) is 59.5 Å². The highest BCUT2D eigenvalue weighted by Gasteiger charge is 2.48. The van der Waals surface area contributed by atoms with Crippen LogP contribution in [0.3, 0.4) is 0 Å². The van der Waals surface area contributed by atoms with Gasteiger partial charge < -0.3 is 27.9 Å². The van der Waals surface area contributed by atoms with Gasteiger partial charge in [-0.25, -0.2) is 0 Å². The molecule has 3 aromatic carbocycles. The molecule has 9 heteroatoms. The smallest absolute Gasteiger partial charge is 0.488 e. The lowest BCUT2D eigenvalue weighted by molar-refractivity contribution is 0.281. The molecule has 0 saturated carbocycles. The van der Waals surface area contributed by atoms with Crippen LogP contribution in [0.25, 0.3) is 0 Å². The molecule has 128 valence electrons. The van der Waals surface area contributed by atoms with E-state index in [-0.39, 0.29) is 0 Å². The molecule has 9 rings (SSSR count). The zero-order valence-electron chi connectivity index (χ0n) is 13.7. The van der Waals surface area contributed by atoms with Crippen LogP contribution in [-0.2, 0) is 0 Å². The zero-order valence-corrected chi connectivity index (χ0v) is 13.7. The molecule has 0 saturated heterocycles. The molecule has 3 aromatic rings. The van der Waals surface area contributed by atoms with Crippen molar-refractivity contribution in [2.75, 3.05) is 4.90 Å². The normalized spacial score (nSPS) is 16.2. The lowest BCUT2D eigenvalue weighted by atomic mass is 10.0. The van der Waals surface area contributed by atoms with Crippen LogP contribution in [0.1, 0.15) is 0 Å². The van der Waals surface area contributed by atoms with Crippen LogP contribution in [0.5, 0.6) is 34.5 Å². The Balaban J connectivity index is 1.72. The minimum Gasteiger partial charge on any atom is -0.488 e. The average Bonchev–Trinajstić information content (AvgIpc) is 2.58. The molecule has 27 heavy (non-hydrogen) atoms. The monoisotopic (exact) mass is 357 g/mol. The van der Waals surface area contributed by atoms with Crippen LogP contribution >= 0.6 is 0 Å². The van der Waals surface area contributed by atoms with Gasteiger partial charge in [-0.3, -0.25) is 4.90 Å². The summed E-state index contributed by atoms with van der Waals surface area (Å²) in [5.41, 5.74) is 2.27. The Labute approximate surface area is 154 Å². The van der Waals surface area contributed by atoms with E-state index in [0.29, 0.717) is 34.5 Å². The van der Waals surface area contributed by atoms with Gasteiger partial charge in [0.2, 0.25) is 0 Å². The van der Waals surface area contributed by atoms with E-state index in [2.05, 4.69) is 0 Å². The Kier molecular flexibility index (Phi) is 2.29. The fourth-order valence-corrected chi connectivity index (χ4v) is 3.84. The molecule has 0 atom stereocenters. The summed E-state index contributed by atoms with van der Waals surface area (Å²) >= 11 is 0. The summed E-state index contributed by atoms with van der Waals surface area (Å²) in [4.78, 5) is 1.96. The molecule has 0 unspecified atom stereocenters. The number of hydrogen-bond donors (Lipinski definition) is 0. The van der Waals surface area contributed by atoms with Crippen molar-refractivity contribution in [3.8, 4) is 34.5 Å². The van der Waals surface area contributed by atoms with Crippen LogP contribution < -0.4 is 32.8 Å². The number of hydrogen-bond acceptors (Lipinski definition) is 7. The molecular formula is C18H9B2NO6. The molecule has 0 aromatic heterocycles. The fraction of sp³-hybridized carbons (Fsp3) is 0. The van der Waals surface area contributed by atoms with Gasteiger partial charge in [0.15, 0.2) is 0 Å². The standard InChI is InChI=1S/C18H9B2NO6/c1-4-10-16-11(5-1)23-20-25-13-7-2-6-12-17(13)21(16)18-14(26-19(22-10)24-12)8-3-9-15(18)27-20/h1-9H. The van der Waals surface area contributed by atoms with Crippen molar-refractivity contribution in [3.05, 3.63) is 54.6 Å². The van der Waals surface area contributed by atoms with Crippen LogP contribution in [0.15, 0.2) is 54.6 Å². The minimum atomic E-state index is -0.973. The lowest BCUT2D eigenvalue weighted by Gasteiger charge is -2.41. The predicted molar refractivity (Wildman–Crippen MR) is 96.4 cm³/mol. The van der Waals surface area contributed by atoms with Gasteiger partial charge in [-0.15, -0.1) is 0 Å². The van der Waals surface area contributed by atoms with Gasteiger partial charge in [0.25, 0.3) is 0 Å². The molecule has 6 aliphatic heterocycles. The van der Waals surface area contributed by atoms with Crippen LogP contribution in [-0.4, -0.2) is 14.6 Å². The molecule has 0 aliphatic carbocycles. The summed E-state index contributed by atoms with van der Waals surface area (Å²) < 4.78 is 36.2. The maximum atomic E-state index is 6.03.